The molecule has 0 spiro atoms. The molecule has 0 amide bonds. The molecule has 2 rings (SSSR count). The lowest BCUT2D eigenvalue weighted by Crippen LogP contribution is -2.18. The molecule has 1 heterocycles. The SMILES string of the molecule is CC1CC(C(=O)Cc2c(F)cccc2F)CO1. The molecule has 1 aromatic rings. The zero-order valence-electron chi connectivity index (χ0n) is 9.58. The Balaban J connectivity index is 2.08. The molecule has 1 aliphatic heterocycles. The molecule has 2 nitrogen and oxygen atoms in total. The lowest BCUT2D eigenvalue weighted by molar-refractivity contribution is -0.122. The fourth-order valence-corrected chi connectivity index (χ4v) is 2.06. The van der Waals surface area contributed by atoms with E-state index in [-0.39, 0.29) is 29.8 Å². The second kappa shape index (κ2) is 4.92. The van der Waals surface area contributed by atoms with Crippen LogP contribution in [0.3, 0.4) is 0 Å². The Hall–Kier alpha value is -1.29. The number of hydrogen-bond acceptors (Lipinski definition) is 2. The highest BCUT2D eigenvalue weighted by molar-refractivity contribution is 5.83. The van der Waals surface area contributed by atoms with Gasteiger partial charge in [-0.3, -0.25) is 4.79 Å². The van der Waals surface area contributed by atoms with Crippen LogP contribution in [0.25, 0.3) is 0 Å². The summed E-state index contributed by atoms with van der Waals surface area (Å²) >= 11 is 0. The van der Waals surface area contributed by atoms with Gasteiger partial charge in [-0.05, 0) is 25.5 Å². The van der Waals surface area contributed by atoms with Crippen LogP contribution in [-0.2, 0) is 16.0 Å². The average molecular weight is 240 g/mol. The van der Waals surface area contributed by atoms with Gasteiger partial charge in [-0.15, -0.1) is 0 Å². The van der Waals surface area contributed by atoms with Crippen molar-refractivity contribution in [2.24, 2.45) is 5.92 Å². The number of carbonyl (C=O) groups is 1. The molecule has 2 unspecified atom stereocenters. The largest absolute Gasteiger partial charge is 0.378 e. The van der Waals surface area contributed by atoms with E-state index in [1.54, 1.807) is 0 Å². The van der Waals surface area contributed by atoms with E-state index in [2.05, 4.69) is 0 Å². The molecule has 1 aromatic carbocycles. The Morgan fingerprint density at radius 1 is 1.41 bits per heavy atom. The Morgan fingerprint density at radius 2 is 2.06 bits per heavy atom. The van der Waals surface area contributed by atoms with Crippen LogP contribution >= 0.6 is 0 Å². The number of carbonyl (C=O) groups excluding carboxylic acids is 1. The predicted molar refractivity (Wildman–Crippen MR) is 58.6 cm³/mol. The molecule has 92 valence electrons. The first-order chi connectivity index (χ1) is 8.08. The number of benzene rings is 1. The van der Waals surface area contributed by atoms with Gasteiger partial charge in [0, 0.05) is 17.9 Å². The molecule has 0 aromatic heterocycles. The molecule has 0 aliphatic carbocycles. The highest BCUT2D eigenvalue weighted by Gasteiger charge is 2.29. The molecule has 17 heavy (non-hydrogen) atoms. The summed E-state index contributed by atoms with van der Waals surface area (Å²) in [5, 5.41) is 0. The van der Waals surface area contributed by atoms with Crippen molar-refractivity contribution < 1.29 is 18.3 Å². The topological polar surface area (TPSA) is 26.3 Å². The smallest absolute Gasteiger partial charge is 0.142 e. The van der Waals surface area contributed by atoms with Crippen LogP contribution in [0, 0.1) is 17.6 Å². The number of ether oxygens (including phenoxy) is 1. The van der Waals surface area contributed by atoms with Gasteiger partial charge < -0.3 is 4.74 Å². The van der Waals surface area contributed by atoms with E-state index in [0.29, 0.717) is 13.0 Å². The molecule has 0 bridgehead atoms. The van der Waals surface area contributed by atoms with Crippen molar-refractivity contribution in [2.75, 3.05) is 6.61 Å². The third kappa shape index (κ3) is 2.69. The number of halogens is 2. The maximum atomic E-state index is 13.4. The fourth-order valence-electron chi connectivity index (χ4n) is 2.06. The number of ketones is 1. The maximum absolute atomic E-state index is 13.4. The minimum atomic E-state index is -0.662. The molecule has 0 N–H and O–H groups in total. The van der Waals surface area contributed by atoms with Crippen molar-refractivity contribution in [2.45, 2.75) is 25.9 Å². The first-order valence-electron chi connectivity index (χ1n) is 5.65. The van der Waals surface area contributed by atoms with Gasteiger partial charge in [0.1, 0.15) is 17.4 Å². The van der Waals surface area contributed by atoms with E-state index in [1.807, 2.05) is 6.92 Å². The second-order valence-corrected chi connectivity index (χ2v) is 4.42. The molecule has 1 aliphatic rings. The average Bonchev–Trinajstić information content (AvgIpc) is 2.70. The van der Waals surface area contributed by atoms with E-state index in [0.717, 1.165) is 0 Å². The first-order valence-corrected chi connectivity index (χ1v) is 5.65. The summed E-state index contributed by atoms with van der Waals surface area (Å²) in [5.74, 6) is -1.71. The molecular weight excluding hydrogens is 226 g/mol. The summed E-state index contributed by atoms with van der Waals surface area (Å²) in [6.07, 6.45) is 0.489. The van der Waals surface area contributed by atoms with Crippen molar-refractivity contribution in [3.05, 3.63) is 35.4 Å². The molecule has 1 saturated heterocycles. The maximum Gasteiger partial charge on any atom is 0.142 e. The van der Waals surface area contributed by atoms with Gasteiger partial charge in [0.15, 0.2) is 0 Å². The lowest BCUT2D eigenvalue weighted by Gasteiger charge is -2.08. The quantitative estimate of drug-likeness (QED) is 0.811. The molecular formula is C13H14F2O2. The van der Waals surface area contributed by atoms with E-state index < -0.39 is 11.6 Å². The van der Waals surface area contributed by atoms with Crippen LogP contribution in [0.2, 0.25) is 0 Å². The summed E-state index contributed by atoms with van der Waals surface area (Å²) in [7, 11) is 0. The summed E-state index contributed by atoms with van der Waals surface area (Å²) < 4.78 is 32.0. The molecule has 1 fully saturated rings. The van der Waals surface area contributed by atoms with E-state index in [1.165, 1.54) is 18.2 Å². The summed E-state index contributed by atoms with van der Waals surface area (Å²) in [6.45, 7) is 2.24. The standard InChI is InChI=1S/C13H14F2O2/c1-8-5-9(7-17-8)13(16)6-10-11(14)3-2-4-12(10)15/h2-4,8-9H,5-7H2,1H3. The fraction of sp³-hybridized carbons (Fsp3) is 0.462. The molecule has 0 radical (unpaired) electrons. The Morgan fingerprint density at radius 3 is 2.59 bits per heavy atom. The van der Waals surface area contributed by atoms with Crippen LogP contribution in [0.15, 0.2) is 18.2 Å². The second-order valence-electron chi connectivity index (χ2n) is 4.42. The van der Waals surface area contributed by atoms with Crippen LogP contribution in [0.5, 0.6) is 0 Å². The third-order valence-corrected chi connectivity index (χ3v) is 3.07. The van der Waals surface area contributed by atoms with Crippen molar-refractivity contribution in [3.8, 4) is 0 Å². The highest BCUT2D eigenvalue weighted by Crippen LogP contribution is 2.22. The summed E-state index contributed by atoms with van der Waals surface area (Å²) in [5.41, 5.74) is -0.142. The van der Waals surface area contributed by atoms with Crippen LogP contribution in [0.4, 0.5) is 8.78 Å². The van der Waals surface area contributed by atoms with Gasteiger partial charge in [-0.25, -0.2) is 8.78 Å². The lowest BCUT2D eigenvalue weighted by atomic mass is 9.95. The highest BCUT2D eigenvalue weighted by atomic mass is 19.1. The van der Waals surface area contributed by atoms with Crippen molar-refractivity contribution >= 4 is 5.78 Å². The molecule has 2 atom stereocenters. The normalized spacial score (nSPS) is 23.9. The molecule has 4 heteroatoms. The zero-order valence-corrected chi connectivity index (χ0v) is 9.58. The molecule has 0 saturated carbocycles. The van der Waals surface area contributed by atoms with Crippen molar-refractivity contribution in [1.82, 2.24) is 0 Å². The Bertz CT molecular complexity index is 411. The van der Waals surface area contributed by atoms with Crippen LogP contribution in [-0.4, -0.2) is 18.5 Å². The van der Waals surface area contributed by atoms with Gasteiger partial charge in [0.05, 0.1) is 12.7 Å². The summed E-state index contributed by atoms with van der Waals surface area (Å²) in [6, 6.07) is 3.62. The number of rotatable bonds is 3. The Labute approximate surface area is 98.6 Å². The van der Waals surface area contributed by atoms with Crippen molar-refractivity contribution in [3.63, 3.8) is 0 Å². The van der Waals surface area contributed by atoms with Crippen LogP contribution < -0.4 is 0 Å². The number of hydrogen-bond donors (Lipinski definition) is 0. The van der Waals surface area contributed by atoms with E-state index >= 15 is 0 Å². The van der Waals surface area contributed by atoms with Gasteiger partial charge in [0.25, 0.3) is 0 Å². The summed E-state index contributed by atoms with van der Waals surface area (Å²) in [4.78, 5) is 11.9. The monoisotopic (exact) mass is 240 g/mol. The van der Waals surface area contributed by atoms with Gasteiger partial charge >= 0.3 is 0 Å². The number of Topliss-reactive ketones (excluding diaryl/α,β-unsaturated/α-hetero) is 1. The first kappa shape index (κ1) is 12.2. The van der Waals surface area contributed by atoms with Gasteiger partial charge in [-0.1, -0.05) is 6.07 Å². The van der Waals surface area contributed by atoms with E-state index in [4.69, 9.17) is 4.74 Å². The Kier molecular flexibility index (Phi) is 3.52. The van der Waals surface area contributed by atoms with E-state index in [9.17, 15) is 13.6 Å². The van der Waals surface area contributed by atoms with Gasteiger partial charge in [0.2, 0.25) is 0 Å². The van der Waals surface area contributed by atoms with Gasteiger partial charge in [-0.2, -0.15) is 0 Å². The van der Waals surface area contributed by atoms with Crippen molar-refractivity contribution in [1.29, 1.82) is 0 Å². The zero-order chi connectivity index (χ0) is 12.4. The third-order valence-electron chi connectivity index (χ3n) is 3.07. The predicted octanol–water partition coefficient (Wildman–Crippen LogP) is 2.50. The van der Waals surface area contributed by atoms with Crippen LogP contribution in [0.1, 0.15) is 18.9 Å². The minimum Gasteiger partial charge on any atom is -0.378 e. The minimum absolute atomic E-state index is 0.0504.